The van der Waals surface area contributed by atoms with E-state index in [1.807, 2.05) is 24.3 Å². The van der Waals surface area contributed by atoms with E-state index in [2.05, 4.69) is 29.4 Å². The Labute approximate surface area is 234 Å². The molecule has 1 aliphatic heterocycles. The molecule has 4 rings (SSSR count). The lowest BCUT2D eigenvalue weighted by atomic mass is 10.0. The molecule has 0 aromatic heterocycles. The van der Waals surface area contributed by atoms with Gasteiger partial charge in [0.2, 0.25) is 0 Å². The molecule has 0 unspecified atom stereocenters. The summed E-state index contributed by atoms with van der Waals surface area (Å²) in [6.45, 7) is 6.71. The molecule has 39 heavy (non-hydrogen) atoms. The number of anilines is 2. The summed E-state index contributed by atoms with van der Waals surface area (Å²) in [6.07, 6.45) is 1.74. The molecule has 0 radical (unpaired) electrons. The molecule has 3 amide bonds. The van der Waals surface area contributed by atoms with Crippen LogP contribution in [0.1, 0.15) is 40.9 Å². The van der Waals surface area contributed by atoms with Crippen LogP contribution in [0.15, 0.2) is 65.6 Å². The Morgan fingerprint density at radius 2 is 1.62 bits per heavy atom. The summed E-state index contributed by atoms with van der Waals surface area (Å²) >= 11 is 6.23. The molecule has 1 fully saturated rings. The summed E-state index contributed by atoms with van der Waals surface area (Å²) < 4.78 is 31.4. The summed E-state index contributed by atoms with van der Waals surface area (Å²) in [7, 11) is -3.59. The van der Waals surface area contributed by atoms with E-state index in [1.165, 1.54) is 29.8 Å². The Balaban J connectivity index is 1.38. The van der Waals surface area contributed by atoms with Gasteiger partial charge >= 0.3 is 6.03 Å². The number of imide groups is 1. The molecule has 0 aliphatic carbocycles. The first kappa shape index (κ1) is 28.6. The van der Waals surface area contributed by atoms with Crippen LogP contribution in [0.5, 0.6) is 0 Å². The maximum absolute atomic E-state index is 13.0. The van der Waals surface area contributed by atoms with E-state index < -0.39 is 21.8 Å². The number of aryl methyl sites for hydroxylation is 2. The maximum Gasteiger partial charge on any atom is 0.326 e. The van der Waals surface area contributed by atoms with Crippen LogP contribution >= 0.6 is 11.6 Å². The molecule has 0 atom stereocenters. The van der Waals surface area contributed by atoms with Crippen molar-refractivity contribution in [3.63, 3.8) is 0 Å². The van der Waals surface area contributed by atoms with Crippen molar-refractivity contribution < 1.29 is 22.7 Å². The number of ether oxygens (including phenoxy) is 1. The van der Waals surface area contributed by atoms with Gasteiger partial charge in [0.25, 0.3) is 5.91 Å². The van der Waals surface area contributed by atoms with Gasteiger partial charge in [-0.3, -0.25) is 10.1 Å². The van der Waals surface area contributed by atoms with Crippen molar-refractivity contribution in [3.05, 3.63) is 87.9 Å². The zero-order valence-corrected chi connectivity index (χ0v) is 23.6. The fourth-order valence-electron chi connectivity index (χ4n) is 4.53. The van der Waals surface area contributed by atoms with Gasteiger partial charge in [0.05, 0.1) is 34.4 Å². The van der Waals surface area contributed by atoms with Gasteiger partial charge in [-0.15, -0.1) is 0 Å². The van der Waals surface area contributed by atoms with Crippen molar-refractivity contribution in [2.75, 3.05) is 36.5 Å². The van der Waals surface area contributed by atoms with Crippen molar-refractivity contribution in [3.8, 4) is 0 Å². The monoisotopic (exact) mass is 569 g/mol. The maximum atomic E-state index is 13.0. The van der Waals surface area contributed by atoms with Gasteiger partial charge in [0, 0.05) is 24.5 Å². The van der Waals surface area contributed by atoms with Crippen LogP contribution in [-0.2, 0) is 33.2 Å². The molecule has 206 valence electrons. The first-order valence-corrected chi connectivity index (χ1v) is 14.9. The second-order valence-electron chi connectivity index (χ2n) is 9.27. The van der Waals surface area contributed by atoms with Crippen molar-refractivity contribution in [2.45, 2.75) is 37.3 Å². The zero-order chi connectivity index (χ0) is 28.0. The zero-order valence-electron chi connectivity index (χ0n) is 22.0. The van der Waals surface area contributed by atoms with E-state index >= 15 is 0 Å². The van der Waals surface area contributed by atoms with Crippen LogP contribution in [0.25, 0.3) is 0 Å². The van der Waals surface area contributed by atoms with Crippen LogP contribution in [0.2, 0.25) is 5.02 Å². The lowest BCUT2D eigenvalue weighted by Gasteiger charge is -2.29. The van der Waals surface area contributed by atoms with Crippen molar-refractivity contribution in [1.82, 2.24) is 5.32 Å². The minimum absolute atomic E-state index is 0.115. The van der Waals surface area contributed by atoms with Gasteiger partial charge in [-0.2, -0.15) is 0 Å². The number of carbonyl (C=O) groups is 2. The van der Waals surface area contributed by atoms with Crippen LogP contribution in [0.3, 0.4) is 0 Å². The van der Waals surface area contributed by atoms with Gasteiger partial charge in [-0.05, 0) is 72.0 Å². The fourth-order valence-corrected chi connectivity index (χ4v) is 6.07. The van der Waals surface area contributed by atoms with Gasteiger partial charge < -0.3 is 15.0 Å². The van der Waals surface area contributed by atoms with E-state index in [1.54, 1.807) is 12.1 Å². The highest BCUT2D eigenvalue weighted by Gasteiger charge is 2.19. The number of sulfone groups is 1. The third kappa shape index (κ3) is 7.17. The molecule has 1 saturated heterocycles. The molecule has 0 saturated carbocycles. The average Bonchev–Trinajstić information content (AvgIpc) is 2.93. The topological polar surface area (TPSA) is 105 Å². The summed E-state index contributed by atoms with van der Waals surface area (Å²) in [5, 5.41) is 5.06. The van der Waals surface area contributed by atoms with Crippen LogP contribution in [0, 0.1) is 0 Å². The van der Waals surface area contributed by atoms with E-state index in [4.69, 9.17) is 16.3 Å². The van der Waals surface area contributed by atoms with Gasteiger partial charge in [0.15, 0.2) is 9.84 Å². The summed E-state index contributed by atoms with van der Waals surface area (Å²) in [4.78, 5) is 27.5. The summed E-state index contributed by atoms with van der Waals surface area (Å²) in [6, 6.07) is 16.0. The number of amides is 3. The highest BCUT2D eigenvalue weighted by Crippen LogP contribution is 2.25. The van der Waals surface area contributed by atoms with E-state index in [-0.39, 0.29) is 21.2 Å². The smallest absolute Gasteiger partial charge is 0.326 e. The van der Waals surface area contributed by atoms with Crippen LogP contribution in [0.4, 0.5) is 16.2 Å². The normalized spacial score (nSPS) is 13.7. The molecule has 1 heterocycles. The predicted molar refractivity (Wildman–Crippen MR) is 153 cm³/mol. The molecule has 3 aromatic carbocycles. The van der Waals surface area contributed by atoms with Gasteiger partial charge in [-0.1, -0.05) is 43.6 Å². The van der Waals surface area contributed by atoms with E-state index in [9.17, 15) is 18.0 Å². The summed E-state index contributed by atoms with van der Waals surface area (Å²) in [5.41, 5.74) is 4.44. The molecule has 8 nitrogen and oxygen atoms in total. The molecule has 2 N–H and O–H groups in total. The molecule has 0 bridgehead atoms. The number of nitrogens with one attached hydrogen (secondary N) is 2. The highest BCUT2D eigenvalue weighted by atomic mass is 35.5. The predicted octanol–water partition coefficient (Wildman–Crippen LogP) is 5.24. The Bertz CT molecular complexity index is 1450. The van der Waals surface area contributed by atoms with Gasteiger partial charge in [-0.25, -0.2) is 13.2 Å². The number of nitrogens with zero attached hydrogens (tertiary/aromatic N) is 1. The molecule has 1 aliphatic rings. The average molecular weight is 570 g/mol. The van der Waals surface area contributed by atoms with Crippen molar-refractivity contribution in [2.24, 2.45) is 0 Å². The quantitative estimate of drug-likeness (QED) is 0.384. The number of urea groups is 1. The first-order chi connectivity index (χ1) is 18.7. The molecule has 3 aromatic rings. The van der Waals surface area contributed by atoms with Crippen LogP contribution in [-0.4, -0.2) is 46.7 Å². The third-order valence-electron chi connectivity index (χ3n) is 6.66. The fraction of sp³-hybridized carbons (Fsp3) is 0.310. The van der Waals surface area contributed by atoms with Gasteiger partial charge in [0.1, 0.15) is 0 Å². The second-order valence-corrected chi connectivity index (χ2v) is 11.7. The summed E-state index contributed by atoms with van der Waals surface area (Å²) in [5.74, 6) is -0.761. The second kappa shape index (κ2) is 12.6. The van der Waals surface area contributed by atoms with Crippen molar-refractivity contribution in [1.29, 1.82) is 0 Å². The molecule has 0 spiro atoms. The first-order valence-electron chi connectivity index (χ1n) is 12.9. The number of rotatable bonds is 8. The number of hydrogen-bond acceptors (Lipinski definition) is 6. The van der Waals surface area contributed by atoms with E-state index in [0.29, 0.717) is 32.0 Å². The Kier molecular flexibility index (Phi) is 9.27. The number of benzene rings is 3. The Morgan fingerprint density at radius 1 is 0.923 bits per heavy atom. The third-order valence-corrected chi connectivity index (χ3v) is 8.69. The lowest BCUT2D eigenvalue weighted by molar-refractivity contribution is 0.0967. The largest absolute Gasteiger partial charge is 0.378 e. The number of halogens is 1. The Hall–Kier alpha value is -3.40. The SMILES string of the molecule is CCc1ccc(CS(=O)(=O)c2ccc(NC(=O)NC(=O)c3cc(N4CCOCC4)ccc3Cl)cc2)cc1CC. The molecular weight excluding hydrogens is 538 g/mol. The van der Waals surface area contributed by atoms with Crippen LogP contribution < -0.4 is 15.5 Å². The standard InChI is InChI=1S/C29H32ClN3O5S/c1-3-21-6-5-20(17-22(21)4-2)19-39(36,37)25-10-7-23(8-11-25)31-29(35)32-28(34)26-18-24(9-12-27(26)30)33-13-15-38-16-14-33/h5-12,17-18H,3-4,13-16,19H2,1-2H3,(H2,31,32,34,35). The highest BCUT2D eigenvalue weighted by molar-refractivity contribution is 7.90. The molecular formula is C29H32ClN3O5S. The van der Waals surface area contributed by atoms with E-state index in [0.717, 1.165) is 29.7 Å². The molecule has 10 heteroatoms. The number of carbonyl (C=O) groups excluding carboxylic acids is 2. The number of hydrogen-bond donors (Lipinski definition) is 2. The minimum atomic E-state index is -3.59. The minimum Gasteiger partial charge on any atom is -0.378 e. The number of morpholine rings is 1. The van der Waals surface area contributed by atoms with Crippen molar-refractivity contribution >= 4 is 44.8 Å². The Morgan fingerprint density at radius 3 is 2.28 bits per heavy atom. The lowest BCUT2D eigenvalue weighted by Crippen LogP contribution is -2.37.